The number of benzene rings is 1. The Hall–Kier alpha value is -2.28. The number of nitrogens with zero attached hydrogens (tertiary/aromatic N) is 1. The first-order valence-electron chi connectivity index (χ1n) is 9.93. The zero-order valence-electron chi connectivity index (χ0n) is 17.4. The van der Waals surface area contributed by atoms with E-state index < -0.39 is 0 Å². The summed E-state index contributed by atoms with van der Waals surface area (Å²) >= 11 is 0. The zero-order chi connectivity index (χ0) is 20.4. The van der Waals surface area contributed by atoms with Crippen LogP contribution in [0.3, 0.4) is 0 Å². The zero-order valence-corrected chi connectivity index (χ0v) is 17.4. The third-order valence-corrected chi connectivity index (χ3v) is 4.65. The van der Waals surface area contributed by atoms with Crippen molar-refractivity contribution < 1.29 is 19.0 Å². The van der Waals surface area contributed by atoms with Crippen molar-refractivity contribution in [1.82, 2.24) is 10.6 Å². The fourth-order valence-corrected chi connectivity index (χ4v) is 2.89. The second-order valence-electron chi connectivity index (χ2n) is 7.15. The molecule has 0 aliphatic carbocycles. The summed E-state index contributed by atoms with van der Waals surface area (Å²) in [4.78, 5) is 16.2. The Morgan fingerprint density at radius 1 is 1.39 bits per heavy atom. The number of methoxy groups -OCH3 is 1. The molecule has 0 amide bonds. The molecule has 0 bridgehead atoms. The Labute approximate surface area is 167 Å². The van der Waals surface area contributed by atoms with Crippen molar-refractivity contribution in [2.45, 2.75) is 33.7 Å². The van der Waals surface area contributed by atoms with Gasteiger partial charge in [-0.2, -0.15) is 0 Å². The van der Waals surface area contributed by atoms with Crippen molar-refractivity contribution in [3.63, 3.8) is 0 Å². The standard InChI is InChI=1S/C21H33N3O4/c1-5-22-21(23-11-16(3)20(25)26-4)24-12-18-7-6-15(2)10-19(18)28-14-17-8-9-27-13-17/h6-7,10,16-17H,5,8-9,11-14H2,1-4H3,(H2,22,23,24). The monoisotopic (exact) mass is 391 g/mol. The van der Waals surface area contributed by atoms with E-state index in [1.807, 2.05) is 13.8 Å². The van der Waals surface area contributed by atoms with Crippen LogP contribution in [0.5, 0.6) is 5.75 Å². The third kappa shape index (κ3) is 7.03. The Morgan fingerprint density at radius 3 is 2.89 bits per heavy atom. The van der Waals surface area contributed by atoms with Gasteiger partial charge in [0.2, 0.25) is 0 Å². The van der Waals surface area contributed by atoms with Crippen LogP contribution in [0.2, 0.25) is 0 Å². The molecule has 7 nitrogen and oxygen atoms in total. The van der Waals surface area contributed by atoms with Gasteiger partial charge in [0.15, 0.2) is 5.96 Å². The van der Waals surface area contributed by atoms with Crippen molar-refractivity contribution in [3.8, 4) is 5.75 Å². The molecule has 156 valence electrons. The number of carbonyl (C=O) groups is 1. The number of nitrogens with one attached hydrogen (secondary N) is 2. The lowest BCUT2D eigenvalue weighted by atomic mass is 10.1. The number of ether oxygens (including phenoxy) is 3. The van der Waals surface area contributed by atoms with Crippen LogP contribution in [0.15, 0.2) is 23.2 Å². The van der Waals surface area contributed by atoms with Crippen LogP contribution >= 0.6 is 0 Å². The number of guanidine groups is 1. The molecule has 1 heterocycles. The lowest BCUT2D eigenvalue weighted by Crippen LogP contribution is -2.40. The quantitative estimate of drug-likeness (QED) is 0.382. The molecule has 1 aromatic carbocycles. The van der Waals surface area contributed by atoms with Gasteiger partial charge in [-0.1, -0.05) is 19.1 Å². The minimum atomic E-state index is -0.249. The van der Waals surface area contributed by atoms with Crippen LogP contribution < -0.4 is 15.4 Å². The first kappa shape index (κ1) is 22.0. The second-order valence-corrected chi connectivity index (χ2v) is 7.15. The van der Waals surface area contributed by atoms with Gasteiger partial charge < -0.3 is 24.8 Å². The molecule has 2 atom stereocenters. The van der Waals surface area contributed by atoms with Gasteiger partial charge in [0.25, 0.3) is 0 Å². The van der Waals surface area contributed by atoms with Crippen molar-refractivity contribution in [3.05, 3.63) is 29.3 Å². The fraction of sp³-hybridized carbons (Fsp3) is 0.619. The van der Waals surface area contributed by atoms with E-state index in [1.165, 1.54) is 7.11 Å². The van der Waals surface area contributed by atoms with Crippen LogP contribution in [-0.4, -0.2) is 51.9 Å². The molecule has 0 radical (unpaired) electrons. The normalized spacial score (nSPS) is 17.9. The highest BCUT2D eigenvalue weighted by Crippen LogP contribution is 2.23. The van der Waals surface area contributed by atoms with E-state index in [4.69, 9.17) is 14.2 Å². The molecule has 2 unspecified atom stereocenters. The Balaban J connectivity index is 2.00. The van der Waals surface area contributed by atoms with Gasteiger partial charge >= 0.3 is 5.97 Å². The molecule has 28 heavy (non-hydrogen) atoms. The molecular formula is C21H33N3O4. The summed E-state index contributed by atoms with van der Waals surface area (Å²) in [6, 6.07) is 6.18. The fourth-order valence-electron chi connectivity index (χ4n) is 2.89. The van der Waals surface area contributed by atoms with Crippen LogP contribution in [0.1, 0.15) is 31.4 Å². The van der Waals surface area contributed by atoms with E-state index >= 15 is 0 Å². The number of aryl methyl sites for hydroxylation is 1. The van der Waals surface area contributed by atoms with E-state index in [0.717, 1.165) is 43.1 Å². The molecule has 1 saturated heterocycles. The molecular weight excluding hydrogens is 358 g/mol. The topological polar surface area (TPSA) is 81.2 Å². The summed E-state index contributed by atoms with van der Waals surface area (Å²) < 4.78 is 16.3. The second kappa shape index (κ2) is 11.5. The van der Waals surface area contributed by atoms with E-state index in [-0.39, 0.29) is 11.9 Å². The van der Waals surface area contributed by atoms with E-state index in [1.54, 1.807) is 0 Å². The maximum Gasteiger partial charge on any atom is 0.310 e. The van der Waals surface area contributed by atoms with Gasteiger partial charge in [0.1, 0.15) is 5.75 Å². The van der Waals surface area contributed by atoms with Crippen molar-refractivity contribution >= 4 is 11.9 Å². The molecule has 0 saturated carbocycles. The number of rotatable bonds is 9. The molecule has 2 rings (SSSR count). The summed E-state index contributed by atoms with van der Waals surface area (Å²) in [5, 5.41) is 6.40. The number of aliphatic imine (C=N–C) groups is 1. The minimum absolute atomic E-state index is 0.242. The molecule has 1 aliphatic heterocycles. The van der Waals surface area contributed by atoms with Crippen LogP contribution in [-0.2, 0) is 20.8 Å². The molecule has 0 aromatic heterocycles. The summed E-state index contributed by atoms with van der Waals surface area (Å²) in [5.41, 5.74) is 2.19. The van der Waals surface area contributed by atoms with E-state index in [0.29, 0.717) is 31.6 Å². The number of esters is 1. The first-order chi connectivity index (χ1) is 13.5. The van der Waals surface area contributed by atoms with Crippen molar-refractivity contribution in [1.29, 1.82) is 0 Å². The van der Waals surface area contributed by atoms with Crippen molar-refractivity contribution in [2.24, 2.45) is 16.8 Å². The highest BCUT2D eigenvalue weighted by atomic mass is 16.5. The maximum absolute atomic E-state index is 11.6. The van der Waals surface area contributed by atoms with Crippen LogP contribution in [0, 0.1) is 18.8 Å². The van der Waals surface area contributed by atoms with Gasteiger partial charge in [-0.05, 0) is 31.9 Å². The molecule has 1 fully saturated rings. The summed E-state index contributed by atoms with van der Waals surface area (Å²) in [5.74, 6) is 1.49. The highest BCUT2D eigenvalue weighted by molar-refractivity contribution is 5.80. The lowest BCUT2D eigenvalue weighted by Gasteiger charge is -2.16. The average molecular weight is 392 g/mol. The van der Waals surface area contributed by atoms with E-state index in [9.17, 15) is 4.79 Å². The van der Waals surface area contributed by atoms with Gasteiger partial charge in [0.05, 0.1) is 32.8 Å². The minimum Gasteiger partial charge on any atom is -0.493 e. The largest absolute Gasteiger partial charge is 0.493 e. The molecule has 2 N–H and O–H groups in total. The summed E-state index contributed by atoms with van der Waals surface area (Å²) in [7, 11) is 1.40. The Morgan fingerprint density at radius 2 is 2.21 bits per heavy atom. The predicted molar refractivity (Wildman–Crippen MR) is 110 cm³/mol. The molecule has 7 heteroatoms. The Kier molecular flexibility index (Phi) is 9.07. The van der Waals surface area contributed by atoms with Crippen LogP contribution in [0.4, 0.5) is 0 Å². The van der Waals surface area contributed by atoms with Crippen LogP contribution in [0.25, 0.3) is 0 Å². The lowest BCUT2D eigenvalue weighted by molar-refractivity contribution is -0.144. The third-order valence-electron chi connectivity index (χ3n) is 4.65. The van der Waals surface area contributed by atoms with Gasteiger partial charge in [-0.15, -0.1) is 0 Å². The van der Waals surface area contributed by atoms with Gasteiger partial charge in [-0.25, -0.2) is 4.99 Å². The summed E-state index contributed by atoms with van der Waals surface area (Å²) in [6.07, 6.45) is 1.05. The molecule has 1 aliphatic rings. The van der Waals surface area contributed by atoms with Crippen molar-refractivity contribution in [2.75, 3.05) is 40.0 Å². The average Bonchev–Trinajstić information content (AvgIpc) is 3.22. The predicted octanol–water partition coefficient (Wildman–Crippen LogP) is 2.27. The number of hydrogen-bond acceptors (Lipinski definition) is 5. The SMILES string of the molecule is CCNC(=NCc1ccc(C)cc1OCC1CCOC1)NCC(C)C(=O)OC. The number of hydrogen-bond donors (Lipinski definition) is 2. The van der Waals surface area contributed by atoms with E-state index in [2.05, 4.69) is 40.7 Å². The summed E-state index contributed by atoms with van der Waals surface area (Å²) in [6.45, 7) is 9.81. The first-order valence-corrected chi connectivity index (χ1v) is 9.93. The molecule has 0 spiro atoms. The van der Waals surface area contributed by atoms with Gasteiger partial charge in [-0.3, -0.25) is 4.79 Å². The highest BCUT2D eigenvalue weighted by Gasteiger charge is 2.17. The maximum atomic E-state index is 11.6. The number of carbonyl (C=O) groups excluding carboxylic acids is 1. The Bertz CT molecular complexity index is 657. The molecule has 1 aromatic rings. The smallest absolute Gasteiger partial charge is 0.310 e. The van der Waals surface area contributed by atoms with Gasteiger partial charge in [0, 0.05) is 31.2 Å².